The maximum absolute atomic E-state index is 7.31. The molecular weight excluding hydrogens is 727 g/mol. The Hall–Kier alpha value is -7.94. The molecule has 0 spiro atoms. The molecule has 0 aliphatic carbocycles. The number of benzene rings is 10. The predicted octanol–water partition coefficient (Wildman–Crippen LogP) is 16.4. The van der Waals surface area contributed by atoms with E-state index in [0.717, 1.165) is 61.9 Å². The van der Waals surface area contributed by atoms with Crippen LogP contribution < -0.4 is 9.64 Å². The molecule has 282 valence electrons. The molecule has 2 nitrogen and oxygen atoms in total. The average Bonchev–Trinajstić information content (AvgIpc) is 3.47. The molecule has 0 fully saturated rings. The van der Waals surface area contributed by atoms with Crippen molar-refractivity contribution in [2.75, 3.05) is 4.90 Å². The smallest absolute Gasteiger partial charge is 0.159 e. The molecule has 0 saturated carbocycles. The molecule has 10 aromatic carbocycles. The fourth-order valence-corrected chi connectivity index (χ4v) is 8.71. The van der Waals surface area contributed by atoms with Gasteiger partial charge in [0.25, 0.3) is 0 Å². The average molecular weight is 766 g/mol. The molecule has 0 aromatic heterocycles. The number of hydrogen-bond donors (Lipinski definition) is 0. The molecule has 1 aliphatic heterocycles. The summed E-state index contributed by atoms with van der Waals surface area (Å²) < 4.78 is 7.31. The number of nitrogens with zero attached hydrogens (tertiary/aromatic N) is 1. The normalized spacial score (nSPS) is 11.5. The highest BCUT2D eigenvalue weighted by Gasteiger charge is 2.27. The molecule has 2 heteroatoms. The zero-order valence-electron chi connectivity index (χ0n) is 32.9. The van der Waals surface area contributed by atoms with Gasteiger partial charge in [0.1, 0.15) is 5.75 Å². The third-order valence-corrected chi connectivity index (χ3v) is 11.7. The lowest BCUT2D eigenvalue weighted by molar-refractivity contribution is 0.489. The number of fused-ring (bicyclic) bond motifs is 6. The maximum Gasteiger partial charge on any atom is 0.159 e. The van der Waals surface area contributed by atoms with Crippen LogP contribution in [0.2, 0.25) is 0 Å². The fraction of sp³-hybridized carbons (Fsp3) is 0. The van der Waals surface area contributed by atoms with Crippen molar-refractivity contribution in [3.8, 4) is 78.3 Å². The Bertz CT molecular complexity index is 3130. The summed E-state index contributed by atoms with van der Waals surface area (Å²) in [7, 11) is 0. The minimum absolute atomic E-state index is 0.812. The van der Waals surface area contributed by atoms with E-state index in [1.165, 1.54) is 44.2 Å². The molecule has 0 saturated heterocycles. The first-order chi connectivity index (χ1) is 29.7. The van der Waals surface area contributed by atoms with Gasteiger partial charge in [0.05, 0.1) is 5.69 Å². The molecule has 0 amide bonds. The van der Waals surface area contributed by atoms with E-state index in [1.807, 2.05) is 0 Å². The molecule has 10 aromatic rings. The van der Waals surface area contributed by atoms with Crippen molar-refractivity contribution < 1.29 is 4.74 Å². The zero-order chi connectivity index (χ0) is 39.8. The van der Waals surface area contributed by atoms with Crippen LogP contribution in [-0.4, -0.2) is 0 Å². The van der Waals surface area contributed by atoms with E-state index in [9.17, 15) is 0 Å². The number of hydrogen-bond acceptors (Lipinski definition) is 2. The minimum atomic E-state index is 0.812. The molecule has 1 aliphatic rings. The number of ether oxygens (including phenoxy) is 1. The topological polar surface area (TPSA) is 12.5 Å². The molecule has 0 N–H and O–H groups in total. The predicted molar refractivity (Wildman–Crippen MR) is 251 cm³/mol. The second kappa shape index (κ2) is 15.1. The van der Waals surface area contributed by atoms with Crippen molar-refractivity contribution in [1.82, 2.24) is 0 Å². The molecular formula is C58H39NO. The number of para-hydroxylation sites is 1. The highest BCUT2D eigenvalue weighted by Crippen LogP contribution is 2.53. The van der Waals surface area contributed by atoms with Crippen LogP contribution in [0.4, 0.5) is 17.1 Å². The van der Waals surface area contributed by atoms with Crippen LogP contribution in [-0.2, 0) is 0 Å². The van der Waals surface area contributed by atoms with Gasteiger partial charge in [0.15, 0.2) is 5.75 Å². The van der Waals surface area contributed by atoms with Gasteiger partial charge in [0.2, 0.25) is 0 Å². The van der Waals surface area contributed by atoms with Gasteiger partial charge < -0.3 is 9.64 Å². The van der Waals surface area contributed by atoms with Gasteiger partial charge in [-0.2, -0.15) is 0 Å². The van der Waals surface area contributed by atoms with Crippen LogP contribution in [0, 0.1) is 0 Å². The van der Waals surface area contributed by atoms with E-state index in [2.05, 4.69) is 241 Å². The Labute approximate surface area is 350 Å². The van der Waals surface area contributed by atoms with Crippen LogP contribution in [0.3, 0.4) is 0 Å². The first kappa shape index (κ1) is 35.2. The van der Waals surface area contributed by atoms with Gasteiger partial charge in [-0.15, -0.1) is 0 Å². The van der Waals surface area contributed by atoms with Crippen LogP contribution >= 0.6 is 0 Å². The summed E-state index contributed by atoms with van der Waals surface area (Å²) in [6, 6.07) is 84.6. The lowest BCUT2D eigenvalue weighted by atomic mass is 9.92. The van der Waals surface area contributed by atoms with Gasteiger partial charge in [0, 0.05) is 22.5 Å². The van der Waals surface area contributed by atoms with E-state index in [-0.39, 0.29) is 0 Å². The highest BCUT2D eigenvalue weighted by molar-refractivity contribution is 5.99. The van der Waals surface area contributed by atoms with Gasteiger partial charge in [-0.25, -0.2) is 0 Å². The van der Waals surface area contributed by atoms with Crippen molar-refractivity contribution in [2.45, 2.75) is 0 Å². The SMILES string of the molecule is c1ccc(-c2ccc(-c3ccc(N(c4ccc(-c5ccccc5)cc4)c4cccc5c4Oc4cc(-c6cccc7ccccc67)ccc4-c4ccccc4-5)cc3)cc2)cc1. The van der Waals surface area contributed by atoms with Gasteiger partial charge in [-0.05, 0) is 109 Å². The maximum atomic E-state index is 7.31. The van der Waals surface area contributed by atoms with E-state index >= 15 is 0 Å². The van der Waals surface area contributed by atoms with E-state index in [4.69, 9.17) is 4.74 Å². The van der Waals surface area contributed by atoms with Crippen molar-refractivity contribution in [2.24, 2.45) is 0 Å². The van der Waals surface area contributed by atoms with Crippen LogP contribution in [0.15, 0.2) is 237 Å². The van der Waals surface area contributed by atoms with Crippen molar-refractivity contribution in [3.63, 3.8) is 0 Å². The first-order valence-electron chi connectivity index (χ1n) is 20.5. The van der Waals surface area contributed by atoms with Crippen LogP contribution in [0.25, 0.3) is 77.5 Å². The summed E-state index contributed by atoms with van der Waals surface area (Å²) in [5, 5.41) is 2.43. The van der Waals surface area contributed by atoms with Gasteiger partial charge >= 0.3 is 0 Å². The third-order valence-electron chi connectivity index (χ3n) is 11.7. The summed E-state index contributed by atoms with van der Waals surface area (Å²) in [4.78, 5) is 2.33. The summed E-state index contributed by atoms with van der Waals surface area (Å²) in [6.45, 7) is 0. The van der Waals surface area contributed by atoms with E-state index in [1.54, 1.807) is 0 Å². The molecule has 60 heavy (non-hydrogen) atoms. The first-order valence-corrected chi connectivity index (χ1v) is 20.5. The minimum Gasteiger partial charge on any atom is -0.454 e. The molecule has 0 bridgehead atoms. The Morgan fingerprint density at radius 1 is 0.283 bits per heavy atom. The Balaban J connectivity index is 1.05. The molecule has 0 atom stereocenters. The monoisotopic (exact) mass is 765 g/mol. The second-order valence-electron chi connectivity index (χ2n) is 15.3. The summed E-state index contributed by atoms with van der Waals surface area (Å²) in [6.07, 6.45) is 0. The van der Waals surface area contributed by atoms with Crippen molar-refractivity contribution in [3.05, 3.63) is 237 Å². The summed E-state index contributed by atoms with van der Waals surface area (Å²) in [5.74, 6) is 1.64. The molecule has 1 heterocycles. The Morgan fingerprint density at radius 3 is 1.33 bits per heavy atom. The second-order valence-corrected chi connectivity index (χ2v) is 15.3. The van der Waals surface area contributed by atoms with E-state index < -0.39 is 0 Å². The number of anilines is 3. The largest absolute Gasteiger partial charge is 0.454 e. The summed E-state index contributed by atoms with van der Waals surface area (Å²) in [5.41, 5.74) is 16.8. The van der Waals surface area contributed by atoms with Crippen LogP contribution in [0.1, 0.15) is 0 Å². The van der Waals surface area contributed by atoms with Crippen molar-refractivity contribution >= 4 is 27.8 Å². The molecule has 11 rings (SSSR count). The van der Waals surface area contributed by atoms with Gasteiger partial charge in [-0.3, -0.25) is 0 Å². The van der Waals surface area contributed by atoms with E-state index in [0.29, 0.717) is 0 Å². The standard InChI is InChI=1S/C58H39NO/c1-3-13-40(14-4-1)42-25-27-43(28-26-42)45-31-36-49(37-32-45)59(48-34-29-44(30-35-48)41-15-5-2-6-16-41)56-24-12-23-55-53-21-10-9-20-52(53)54-38-33-47(39-57(54)60-58(55)56)51-22-11-18-46-17-7-8-19-50(46)51/h1-39H. The molecule has 0 radical (unpaired) electrons. The highest BCUT2D eigenvalue weighted by atomic mass is 16.5. The summed E-state index contributed by atoms with van der Waals surface area (Å²) >= 11 is 0. The molecule has 0 unspecified atom stereocenters. The number of rotatable bonds is 7. The van der Waals surface area contributed by atoms with Gasteiger partial charge in [-0.1, -0.05) is 194 Å². The van der Waals surface area contributed by atoms with Crippen LogP contribution in [0.5, 0.6) is 11.5 Å². The lowest BCUT2D eigenvalue weighted by Gasteiger charge is -2.28. The lowest BCUT2D eigenvalue weighted by Crippen LogP contribution is -2.11. The zero-order valence-corrected chi connectivity index (χ0v) is 32.9. The van der Waals surface area contributed by atoms with Crippen molar-refractivity contribution in [1.29, 1.82) is 0 Å². The Morgan fingerprint density at radius 2 is 0.717 bits per heavy atom. The quantitative estimate of drug-likeness (QED) is 0.160. The Kier molecular flexibility index (Phi) is 8.87. The fourth-order valence-electron chi connectivity index (χ4n) is 8.71. The third kappa shape index (κ3) is 6.41.